The number of aliphatic carboxylic acids is 1. The van der Waals surface area contributed by atoms with Crippen LogP contribution in [0.4, 0.5) is 0 Å². The number of hydrogen-bond acceptors (Lipinski definition) is 2. The smallest absolute Gasteiger partial charge is 0.303 e. The Balaban J connectivity index is 2.31. The molecule has 0 spiro atoms. The van der Waals surface area contributed by atoms with Gasteiger partial charge in [-0.3, -0.25) is 9.89 Å². The van der Waals surface area contributed by atoms with Gasteiger partial charge in [-0.05, 0) is 24.5 Å². The Morgan fingerprint density at radius 1 is 1.41 bits per heavy atom. The normalized spacial score (nSPS) is 10.4. The number of carboxylic acids is 1. The molecule has 17 heavy (non-hydrogen) atoms. The number of aromatic nitrogens is 2. The topological polar surface area (TPSA) is 66.0 Å². The number of hydrogen-bond donors (Lipinski definition) is 2. The van der Waals surface area contributed by atoms with Crippen molar-refractivity contribution < 1.29 is 9.90 Å². The molecule has 4 nitrogen and oxygen atoms in total. The molecule has 2 aromatic rings. The quantitative estimate of drug-likeness (QED) is 0.847. The van der Waals surface area contributed by atoms with Crippen molar-refractivity contribution in [1.82, 2.24) is 10.2 Å². The van der Waals surface area contributed by atoms with Crippen molar-refractivity contribution in [3.63, 3.8) is 0 Å². The van der Waals surface area contributed by atoms with Gasteiger partial charge in [0.15, 0.2) is 0 Å². The van der Waals surface area contributed by atoms with Gasteiger partial charge in [-0.2, -0.15) is 5.10 Å². The van der Waals surface area contributed by atoms with E-state index in [2.05, 4.69) is 10.2 Å². The molecule has 2 rings (SSSR count). The number of aryl methyl sites for hydroxylation is 2. The fraction of sp³-hybridized carbons (Fsp3) is 0.231. The first-order chi connectivity index (χ1) is 8.18. The lowest BCUT2D eigenvalue weighted by molar-refractivity contribution is -0.136. The highest BCUT2D eigenvalue weighted by atomic mass is 16.4. The molecule has 0 unspecified atom stereocenters. The maximum atomic E-state index is 10.6. The van der Waals surface area contributed by atoms with Crippen LogP contribution in [-0.4, -0.2) is 21.3 Å². The Hall–Kier alpha value is -2.10. The Bertz CT molecular complexity index is 532. The van der Waals surface area contributed by atoms with E-state index in [4.69, 9.17) is 5.11 Å². The van der Waals surface area contributed by atoms with E-state index in [1.54, 1.807) is 6.20 Å². The van der Waals surface area contributed by atoms with Crippen molar-refractivity contribution in [3.05, 3.63) is 41.6 Å². The van der Waals surface area contributed by atoms with Crippen LogP contribution in [0, 0.1) is 6.92 Å². The SMILES string of the molecule is Cc1ccccc1-c1[nH]ncc1CCC(=O)O. The van der Waals surface area contributed by atoms with Gasteiger partial charge in [0.1, 0.15) is 0 Å². The average molecular weight is 230 g/mol. The molecule has 0 fully saturated rings. The summed E-state index contributed by atoms with van der Waals surface area (Å²) in [6, 6.07) is 7.97. The summed E-state index contributed by atoms with van der Waals surface area (Å²) in [5.74, 6) is -0.790. The first-order valence-corrected chi connectivity index (χ1v) is 5.48. The van der Waals surface area contributed by atoms with Gasteiger partial charge in [0.05, 0.1) is 11.9 Å². The lowest BCUT2D eigenvalue weighted by atomic mass is 10.0. The molecule has 1 heterocycles. The predicted molar refractivity (Wildman–Crippen MR) is 64.7 cm³/mol. The second-order valence-corrected chi connectivity index (χ2v) is 3.98. The molecule has 0 amide bonds. The zero-order valence-corrected chi connectivity index (χ0v) is 9.60. The third-order valence-electron chi connectivity index (χ3n) is 2.74. The summed E-state index contributed by atoms with van der Waals surface area (Å²) in [5.41, 5.74) is 4.09. The summed E-state index contributed by atoms with van der Waals surface area (Å²) in [4.78, 5) is 10.6. The van der Waals surface area contributed by atoms with Gasteiger partial charge in [0.25, 0.3) is 0 Å². The van der Waals surface area contributed by atoms with E-state index in [0.717, 1.165) is 22.4 Å². The lowest BCUT2D eigenvalue weighted by Crippen LogP contribution is -1.98. The highest BCUT2D eigenvalue weighted by Gasteiger charge is 2.10. The van der Waals surface area contributed by atoms with Crippen molar-refractivity contribution in [2.24, 2.45) is 0 Å². The molecule has 1 aromatic heterocycles. The first kappa shape index (κ1) is 11.4. The Morgan fingerprint density at radius 3 is 2.88 bits per heavy atom. The van der Waals surface area contributed by atoms with Crippen LogP contribution in [0.2, 0.25) is 0 Å². The standard InChI is InChI=1S/C13H14N2O2/c1-9-4-2-3-5-11(9)13-10(8-14-15-13)6-7-12(16)17/h2-5,8H,6-7H2,1H3,(H,14,15)(H,16,17). The van der Waals surface area contributed by atoms with Crippen LogP contribution in [0.25, 0.3) is 11.3 Å². The highest BCUT2D eigenvalue weighted by Crippen LogP contribution is 2.25. The van der Waals surface area contributed by atoms with Crippen LogP contribution in [0.1, 0.15) is 17.5 Å². The maximum Gasteiger partial charge on any atom is 0.303 e. The largest absolute Gasteiger partial charge is 0.481 e. The molecule has 0 atom stereocenters. The monoisotopic (exact) mass is 230 g/mol. The maximum absolute atomic E-state index is 10.6. The zero-order valence-electron chi connectivity index (χ0n) is 9.60. The number of rotatable bonds is 4. The summed E-state index contributed by atoms with van der Waals surface area (Å²) < 4.78 is 0. The molecule has 0 aliphatic rings. The number of carbonyl (C=O) groups is 1. The molecule has 4 heteroatoms. The van der Waals surface area contributed by atoms with Crippen molar-refractivity contribution >= 4 is 5.97 Å². The van der Waals surface area contributed by atoms with E-state index in [0.29, 0.717) is 6.42 Å². The fourth-order valence-electron chi connectivity index (χ4n) is 1.83. The van der Waals surface area contributed by atoms with Crippen LogP contribution in [-0.2, 0) is 11.2 Å². The van der Waals surface area contributed by atoms with Crippen LogP contribution >= 0.6 is 0 Å². The van der Waals surface area contributed by atoms with Gasteiger partial charge in [0.2, 0.25) is 0 Å². The van der Waals surface area contributed by atoms with E-state index in [-0.39, 0.29) is 6.42 Å². The number of H-pyrrole nitrogens is 1. The number of carboxylic acid groups (broad SMARTS) is 1. The lowest BCUT2D eigenvalue weighted by Gasteiger charge is -2.05. The van der Waals surface area contributed by atoms with Crippen molar-refractivity contribution in [2.75, 3.05) is 0 Å². The second-order valence-electron chi connectivity index (χ2n) is 3.98. The minimum atomic E-state index is -0.790. The zero-order chi connectivity index (χ0) is 12.3. The molecule has 0 aliphatic carbocycles. The molecule has 0 aliphatic heterocycles. The van der Waals surface area contributed by atoms with Gasteiger partial charge in [0, 0.05) is 12.0 Å². The molecule has 0 saturated heterocycles. The summed E-state index contributed by atoms with van der Waals surface area (Å²) >= 11 is 0. The summed E-state index contributed by atoms with van der Waals surface area (Å²) in [5, 5.41) is 15.6. The van der Waals surface area contributed by atoms with Crippen molar-refractivity contribution in [3.8, 4) is 11.3 Å². The van der Waals surface area contributed by atoms with Crippen LogP contribution in [0.15, 0.2) is 30.5 Å². The summed E-state index contributed by atoms with van der Waals surface area (Å²) in [7, 11) is 0. The van der Waals surface area contributed by atoms with Gasteiger partial charge < -0.3 is 5.11 Å². The summed E-state index contributed by atoms with van der Waals surface area (Å²) in [6.07, 6.45) is 2.32. The average Bonchev–Trinajstić information content (AvgIpc) is 2.75. The van der Waals surface area contributed by atoms with E-state index in [1.807, 2.05) is 31.2 Å². The van der Waals surface area contributed by atoms with E-state index < -0.39 is 5.97 Å². The van der Waals surface area contributed by atoms with Gasteiger partial charge in [-0.1, -0.05) is 24.3 Å². The number of aromatic amines is 1. The third-order valence-corrected chi connectivity index (χ3v) is 2.74. The number of nitrogens with zero attached hydrogens (tertiary/aromatic N) is 1. The van der Waals surface area contributed by atoms with Crippen molar-refractivity contribution in [2.45, 2.75) is 19.8 Å². The summed E-state index contributed by atoms with van der Waals surface area (Å²) in [6.45, 7) is 2.02. The molecular weight excluding hydrogens is 216 g/mol. The number of benzene rings is 1. The molecule has 2 N–H and O–H groups in total. The number of nitrogens with one attached hydrogen (secondary N) is 1. The Labute approximate surface area is 99.3 Å². The fourth-order valence-corrected chi connectivity index (χ4v) is 1.83. The van der Waals surface area contributed by atoms with Crippen LogP contribution in [0.5, 0.6) is 0 Å². The van der Waals surface area contributed by atoms with Gasteiger partial charge >= 0.3 is 5.97 Å². The second kappa shape index (κ2) is 4.82. The Morgan fingerprint density at radius 2 is 2.18 bits per heavy atom. The van der Waals surface area contributed by atoms with Gasteiger partial charge in [-0.15, -0.1) is 0 Å². The van der Waals surface area contributed by atoms with E-state index >= 15 is 0 Å². The minimum absolute atomic E-state index is 0.123. The molecule has 0 saturated carbocycles. The van der Waals surface area contributed by atoms with E-state index in [9.17, 15) is 4.79 Å². The minimum Gasteiger partial charge on any atom is -0.481 e. The predicted octanol–water partition coefficient (Wildman–Crippen LogP) is 2.40. The van der Waals surface area contributed by atoms with Crippen molar-refractivity contribution in [1.29, 1.82) is 0 Å². The Kier molecular flexibility index (Phi) is 3.23. The van der Waals surface area contributed by atoms with Crippen LogP contribution in [0.3, 0.4) is 0 Å². The van der Waals surface area contributed by atoms with Crippen LogP contribution < -0.4 is 0 Å². The third kappa shape index (κ3) is 2.53. The molecule has 0 bridgehead atoms. The van der Waals surface area contributed by atoms with Gasteiger partial charge in [-0.25, -0.2) is 0 Å². The first-order valence-electron chi connectivity index (χ1n) is 5.48. The highest BCUT2D eigenvalue weighted by molar-refractivity contribution is 5.69. The molecule has 1 aromatic carbocycles. The van der Waals surface area contributed by atoms with E-state index in [1.165, 1.54) is 0 Å². The molecule has 0 radical (unpaired) electrons. The molecular formula is C13H14N2O2. The molecule has 88 valence electrons.